The molecule has 0 aliphatic carbocycles. The zero-order chi connectivity index (χ0) is 14.4. The number of hydrogen-bond acceptors (Lipinski definition) is 6. The number of pyridine rings is 1. The first kappa shape index (κ1) is 12.7. The van der Waals surface area contributed by atoms with Crippen molar-refractivity contribution in [3.8, 4) is 0 Å². The Morgan fingerprint density at radius 2 is 2.05 bits per heavy atom. The fourth-order valence-electron chi connectivity index (χ4n) is 2.20. The van der Waals surface area contributed by atoms with E-state index >= 15 is 0 Å². The summed E-state index contributed by atoms with van der Waals surface area (Å²) in [6.07, 6.45) is 3.57. The van der Waals surface area contributed by atoms with Crippen molar-refractivity contribution < 1.29 is 0 Å². The Hall–Kier alpha value is -1.99. The minimum absolute atomic E-state index is 0.814. The summed E-state index contributed by atoms with van der Waals surface area (Å²) in [4.78, 5) is 11.1. The molecule has 0 amide bonds. The predicted molar refractivity (Wildman–Crippen MR) is 84.0 cm³/mol. The van der Waals surface area contributed by atoms with E-state index in [1.165, 1.54) is 22.2 Å². The smallest absolute Gasteiger partial charge is 0.201 e. The van der Waals surface area contributed by atoms with Crippen LogP contribution >= 0.6 is 23.1 Å². The van der Waals surface area contributed by atoms with Crippen LogP contribution in [0, 0.1) is 13.8 Å². The Balaban J connectivity index is 1.88. The summed E-state index contributed by atoms with van der Waals surface area (Å²) < 4.78 is 1.97. The maximum atomic E-state index is 4.44. The fraction of sp³-hybridized carbons (Fsp3) is 0.143. The van der Waals surface area contributed by atoms with Crippen molar-refractivity contribution in [2.75, 3.05) is 0 Å². The van der Waals surface area contributed by atoms with E-state index in [9.17, 15) is 0 Å². The van der Waals surface area contributed by atoms with E-state index < -0.39 is 0 Å². The third-order valence-electron chi connectivity index (χ3n) is 3.40. The largest absolute Gasteiger partial charge is 0.277 e. The first-order valence-electron chi connectivity index (χ1n) is 6.42. The summed E-state index contributed by atoms with van der Waals surface area (Å²) in [5.41, 5.74) is 2.08. The van der Waals surface area contributed by atoms with Crippen LogP contribution in [0.3, 0.4) is 0 Å². The maximum absolute atomic E-state index is 4.44. The summed E-state index contributed by atoms with van der Waals surface area (Å²) in [7, 11) is 0. The van der Waals surface area contributed by atoms with E-state index in [1.54, 1.807) is 17.7 Å². The van der Waals surface area contributed by atoms with Gasteiger partial charge in [-0.1, -0.05) is 6.07 Å². The molecule has 0 atom stereocenters. The van der Waals surface area contributed by atoms with Gasteiger partial charge in [-0.2, -0.15) is 0 Å². The number of nitrogens with zero attached hydrogens (tertiary/aromatic N) is 5. The molecule has 0 saturated heterocycles. The van der Waals surface area contributed by atoms with Crippen molar-refractivity contribution >= 4 is 39.0 Å². The zero-order valence-electron chi connectivity index (χ0n) is 11.4. The summed E-state index contributed by atoms with van der Waals surface area (Å²) in [6, 6.07) is 5.86. The highest BCUT2D eigenvalue weighted by molar-refractivity contribution is 7.99. The molecular formula is C14H11N5S2. The second-order valence-electron chi connectivity index (χ2n) is 4.66. The molecule has 0 N–H and O–H groups in total. The van der Waals surface area contributed by atoms with Crippen molar-refractivity contribution in [1.29, 1.82) is 0 Å². The molecule has 0 radical (unpaired) electrons. The number of hydrogen-bond donors (Lipinski definition) is 0. The Labute approximate surface area is 129 Å². The molecule has 21 heavy (non-hydrogen) atoms. The molecule has 104 valence electrons. The van der Waals surface area contributed by atoms with Gasteiger partial charge >= 0.3 is 0 Å². The Morgan fingerprint density at radius 3 is 2.95 bits per heavy atom. The highest BCUT2D eigenvalue weighted by Gasteiger charge is 2.15. The summed E-state index contributed by atoms with van der Waals surface area (Å²) >= 11 is 3.23. The fourth-order valence-corrected chi connectivity index (χ4v) is 4.22. The second kappa shape index (κ2) is 4.78. The molecule has 0 aliphatic rings. The van der Waals surface area contributed by atoms with Crippen molar-refractivity contribution in [1.82, 2.24) is 24.6 Å². The van der Waals surface area contributed by atoms with Crippen LogP contribution in [0.1, 0.15) is 10.4 Å². The number of aromatic nitrogens is 5. The van der Waals surface area contributed by atoms with Crippen LogP contribution in [0.15, 0.2) is 40.9 Å². The Morgan fingerprint density at radius 1 is 1.14 bits per heavy atom. The molecule has 0 bridgehead atoms. The lowest BCUT2D eigenvalue weighted by Crippen LogP contribution is -1.89. The summed E-state index contributed by atoms with van der Waals surface area (Å²) in [5.74, 6) is 0. The van der Waals surface area contributed by atoms with Gasteiger partial charge in [0, 0.05) is 16.5 Å². The van der Waals surface area contributed by atoms with E-state index in [4.69, 9.17) is 0 Å². The number of thiophene rings is 1. The van der Waals surface area contributed by atoms with Gasteiger partial charge in [-0.05, 0) is 43.3 Å². The quantitative estimate of drug-likeness (QED) is 0.530. The minimum Gasteiger partial charge on any atom is -0.277 e. The van der Waals surface area contributed by atoms with Crippen molar-refractivity contribution in [3.63, 3.8) is 0 Å². The second-order valence-corrected chi connectivity index (χ2v) is 6.81. The average Bonchev–Trinajstić information content (AvgIpc) is 3.02. The van der Waals surface area contributed by atoms with Crippen LogP contribution in [-0.2, 0) is 0 Å². The molecule has 4 aromatic heterocycles. The van der Waals surface area contributed by atoms with Crippen molar-refractivity contribution in [2.45, 2.75) is 24.0 Å². The van der Waals surface area contributed by atoms with Gasteiger partial charge in [0.2, 0.25) is 5.16 Å². The number of fused-ring (bicyclic) bond motifs is 2. The molecule has 7 heteroatoms. The van der Waals surface area contributed by atoms with Crippen LogP contribution in [0.2, 0.25) is 0 Å². The summed E-state index contributed by atoms with van der Waals surface area (Å²) in [6.45, 7) is 4.23. The molecule has 0 aliphatic heterocycles. The number of aryl methyl sites for hydroxylation is 2. The highest BCUT2D eigenvalue weighted by Crippen LogP contribution is 2.36. The van der Waals surface area contributed by atoms with Crippen molar-refractivity contribution in [3.05, 3.63) is 41.2 Å². The van der Waals surface area contributed by atoms with Gasteiger partial charge in [0.05, 0.1) is 0 Å². The van der Waals surface area contributed by atoms with Crippen LogP contribution in [-0.4, -0.2) is 24.6 Å². The molecule has 0 spiro atoms. The molecule has 4 aromatic rings. The van der Waals surface area contributed by atoms with E-state index in [0.29, 0.717) is 0 Å². The molecular weight excluding hydrogens is 302 g/mol. The van der Waals surface area contributed by atoms with E-state index in [1.807, 2.05) is 28.8 Å². The summed E-state index contributed by atoms with van der Waals surface area (Å²) in [5, 5.41) is 11.3. The topological polar surface area (TPSA) is 56.0 Å². The Kier molecular flexibility index (Phi) is 2.90. The van der Waals surface area contributed by atoms with E-state index in [0.717, 1.165) is 26.0 Å². The molecule has 0 aromatic carbocycles. The normalized spacial score (nSPS) is 11.5. The lowest BCUT2D eigenvalue weighted by atomic mass is 10.2. The molecule has 4 rings (SSSR count). The van der Waals surface area contributed by atoms with Crippen LogP contribution in [0.5, 0.6) is 0 Å². The predicted octanol–water partition coefficient (Wildman–Crippen LogP) is 3.50. The van der Waals surface area contributed by atoms with Gasteiger partial charge in [-0.25, -0.2) is 9.97 Å². The monoisotopic (exact) mass is 313 g/mol. The first-order valence-corrected chi connectivity index (χ1v) is 8.05. The third-order valence-corrected chi connectivity index (χ3v) is 5.48. The number of rotatable bonds is 2. The Bertz CT molecular complexity index is 956. The SMILES string of the molecule is Cc1sc2ncnc(Sc3nnc4ccccn34)c2c1C. The van der Waals surface area contributed by atoms with Crippen LogP contribution in [0.25, 0.3) is 15.9 Å². The van der Waals surface area contributed by atoms with Gasteiger partial charge in [0.1, 0.15) is 16.2 Å². The lowest BCUT2D eigenvalue weighted by Gasteiger charge is -2.01. The third kappa shape index (κ3) is 2.00. The average molecular weight is 313 g/mol. The maximum Gasteiger partial charge on any atom is 0.201 e. The van der Waals surface area contributed by atoms with E-state index in [-0.39, 0.29) is 0 Å². The minimum atomic E-state index is 0.814. The highest BCUT2D eigenvalue weighted by atomic mass is 32.2. The lowest BCUT2D eigenvalue weighted by molar-refractivity contribution is 0.917. The molecule has 0 unspecified atom stereocenters. The molecule has 0 saturated carbocycles. The zero-order valence-corrected chi connectivity index (χ0v) is 13.1. The van der Waals surface area contributed by atoms with Gasteiger partial charge in [0.15, 0.2) is 5.65 Å². The van der Waals surface area contributed by atoms with Gasteiger partial charge < -0.3 is 0 Å². The molecule has 4 heterocycles. The molecule has 0 fully saturated rings. The van der Waals surface area contributed by atoms with Crippen LogP contribution in [0.4, 0.5) is 0 Å². The standard InChI is InChI=1S/C14H11N5S2/c1-8-9(2)20-12-11(8)13(16-7-15-12)21-14-18-17-10-5-3-4-6-19(10)14/h3-7H,1-2H3. The van der Waals surface area contributed by atoms with Gasteiger partial charge in [0.25, 0.3) is 0 Å². The van der Waals surface area contributed by atoms with Gasteiger partial charge in [-0.15, -0.1) is 21.5 Å². The molecule has 5 nitrogen and oxygen atoms in total. The van der Waals surface area contributed by atoms with E-state index in [2.05, 4.69) is 34.0 Å². The van der Waals surface area contributed by atoms with Gasteiger partial charge in [-0.3, -0.25) is 4.40 Å². The van der Waals surface area contributed by atoms with Crippen molar-refractivity contribution in [2.24, 2.45) is 0 Å². The van der Waals surface area contributed by atoms with Crippen LogP contribution < -0.4 is 0 Å². The first-order chi connectivity index (χ1) is 10.2.